The van der Waals surface area contributed by atoms with Crippen LogP contribution in [0.15, 0.2) is 93.2 Å². The van der Waals surface area contributed by atoms with Gasteiger partial charge in [0.1, 0.15) is 57.1 Å². The second-order valence-electron chi connectivity index (χ2n) is 14.9. The number of Topliss-reactive ketones (excluding diaryl/α,β-unsaturated/α-hetero) is 1. The van der Waals surface area contributed by atoms with E-state index in [1.807, 2.05) is 34.6 Å². The van der Waals surface area contributed by atoms with Crippen molar-refractivity contribution in [2.24, 2.45) is 11.8 Å². The highest BCUT2D eigenvalue weighted by Gasteiger charge is 2.42. The summed E-state index contributed by atoms with van der Waals surface area (Å²) in [5.41, 5.74) is 1.16. The maximum Gasteiger partial charge on any atom is 0.200 e. The molecule has 0 fully saturated rings. The smallest absolute Gasteiger partial charge is 0.200 e. The van der Waals surface area contributed by atoms with E-state index in [1.54, 1.807) is 18.2 Å². The van der Waals surface area contributed by atoms with Gasteiger partial charge in [0.05, 0.1) is 22.6 Å². The van der Waals surface area contributed by atoms with Gasteiger partial charge in [-0.2, -0.15) is 0 Å². The van der Waals surface area contributed by atoms with Crippen molar-refractivity contribution in [2.75, 3.05) is 0 Å². The van der Waals surface area contributed by atoms with Gasteiger partial charge in [-0.05, 0) is 94.3 Å². The highest BCUT2D eigenvalue weighted by Crippen LogP contribution is 2.53. The van der Waals surface area contributed by atoms with Gasteiger partial charge < -0.3 is 45.3 Å². The van der Waals surface area contributed by atoms with Crippen molar-refractivity contribution in [1.82, 2.24) is 0 Å². The minimum absolute atomic E-state index is 0.0319. The maximum absolute atomic E-state index is 15.1. The summed E-state index contributed by atoms with van der Waals surface area (Å²) in [7, 11) is 0. The zero-order valence-corrected chi connectivity index (χ0v) is 31.6. The molecule has 0 bridgehead atoms. The van der Waals surface area contributed by atoms with Crippen molar-refractivity contribution in [3.05, 3.63) is 122 Å². The molecule has 1 aliphatic rings. The van der Waals surface area contributed by atoms with Crippen LogP contribution in [0.1, 0.15) is 79.6 Å². The molecule has 0 saturated carbocycles. The predicted molar refractivity (Wildman–Crippen MR) is 213 cm³/mol. The molecule has 290 valence electrons. The number of phenolic OH excluding ortho intramolecular Hbond substituents is 8. The van der Waals surface area contributed by atoms with E-state index in [9.17, 15) is 45.6 Å². The third-order valence-electron chi connectivity index (χ3n) is 10.2. The molecule has 3 atom stereocenters. The lowest BCUT2D eigenvalue weighted by Crippen LogP contribution is -2.29. The third-order valence-corrected chi connectivity index (χ3v) is 10.2. The van der Waals surface area contributed by atoms with E-state index in [-0.39, 0.29) is 104 Å². The van der Waals surface area contributed by atoms with Crippen molar-refractivity contribution in [3.63, 3.8) is 0 Å². The number of aromatic hydroxyl groups is 8. The molecule has 0 aliphatic heterocycles. The summed E-state index contributed by atoms with van der Waals surface area (Å²) in [6.07, 6.45) is 5.70. The Hall–Kier alpha value is -6.62. The fourth-order valence-corrected chi connectivity index (χ4v) is 7.52. The van der Waals surface area contributed by atoms with Crippen LogP contribution in [0.4, 0.5) is 0 Å². The van der Waals surface area contributed by atoms with Gasteiger partial charge in [-0.25, -0.2) is 0 Å². The Labute approximate surface area is 322 Å². The Morgan fingerprint density at radius 3 is 1.98 bits per heavy atom. The number of ketones is 1. The number of allylic oxidation sites excluding steroid dienone is 6. The maximum atomic E-state index is 15.1. The van der Waals surface area contributed by atoms with Gasteiger partial charge in [-0.3, -0.25) is 9.59 Å². The molecule has 0 spiro atoms. The molecule has 0 saturated heterocycles. The van der Waals surface area contributed by atoms with Gasteiger partial charge in [0.2, 0.25) is 5.43 Å². The Morgan fingerprint density at radius 1 is 0.732 bits per heavy atom. The first kappa shape index (κ1) is 39.1. The molecular formula is C45H44O11. The number of fused-ring (bicyclic) bond motifs is 1. The number of phenols is 8. The van der Waals surface area contributed by atoms with E-state index < -0.39 is 46.0 Å². The molecule has 0 radical (unpaired) electrons. The summed E-state index contributed by atoms with van der Waals surface area (Å²) in [5.74, 6) is -6.26. The fraction of sp³-hybridized carbons (Fsp3) is 0.244. The molecule has 6 rings (SSSR count). The third kappa shape index (κ3) is 7.27. The fourth-order valence-electron chi connectivity index (χ4n) is 7.52. The Kier molecular flexibility index (Phi) is 10.6. The van der Waals surface area contributed by atoms with Gasteiger partial charge in [-0.15, -0.1) is 0 Å². The van der Waals surface area contributed by atoms with Crippen LogP contribution in [0.2, 0.25) is 0 Å². The Bertz CT molecular complexity index is 2550. The first-order valence-electron chi connectivity index (χ1n) is 18.1. The molecule has 0 amide bonds. The van der Waals surface area contributed by atoms with Crippen molar-refractivity contribution in [1.29, 1.82) is 0 Å². The zero-order valence-electron chi connectivity index (χ0n) is 31.6. The summed E-state index contributed by atoms with van der Waals surface area (Å²) in [6, 6.07) is 11.3. The molecule has 4 aromatic carbocycles. The molecule has 1 heterocycles. The molecule has 5 aromatic rings. The quantitative estimate of drug-likeness (QED) is 0.0526. The molecule has 11 heteroatoms. The average Bonchev–Trinajstić information content (AvgIpc) is 3.10. The number of hydrogen-bond acceptors (Lipinski definition) is 11. The SMILES string of the molecule is CC(C)=CCc1c(O)ccc(C(=O)[C@H]2C(c3c(O)cc(O)c4c(=O)c(CC=C(C)C)c(-c5ccc(O)cc5O)oc34)=C[C@@H](C)C[C@@H]2c2ccc(O)cc2O)c1O. The van der Waals surface area contributed by atoms with Gasteiger partial charge >= 0.3 is 0 Å². The first-order chi connectivity index (χ1) is 26.5. The molecular weight excluding hydrogens is 716 g/mol. The monoisotopic (exact) mass is 760 g/mol. The van der Waals surface area contributed by atoms with Crippen LogP contribution in [0.25, 0.3) is 27.9 Å². The van der Waals surface area contributed by atoms with E-state index in [0.717, 1.165) is 29.3 Å². The van der Waals surface area contributed by atoms with E-state index in [0.29, 0.717) is 0 Å². The molecule has 0 unspecified atom stereocenters. The summed E-state index contributed by atoms with van der Waals surface area (Å²) < 4.78 is 6.51. The van der Waals surface area contributed by atoms with Crippen LogP contribution in [0.5, 0.6) is 46.0 Å². The van der Waals surface area contributed by atoms with Gasteiger partial charge in [0.15, 0.2) is 11.4 Å². The molecule has 56 heavy (non-hydrogen) atoms. The normalized spacial score (nSPS) is 16.7. The lowest BCUT2D eigenvalue weighted by Gasteiger charge is -2.36. The van der Waals surface area contributed by atoms with Crippen LogP contribution in [0, 0.1) is 11.8 Å². The second kappa shape index (κ2) is 15.3. The van der Waals surface area contributed by atoms with E-state index in [4.69, 9.17) is 4.42 Å². The Morgan fingerprint density at radius 2 is 1.36 bits per heavy atom. The van der Waals surface area contributed by atoms with Gasteiger partial charge in [0, 0.05) is 35.2 Å². The molecule has 1 aliphatic carbocycles. The highest BCUT2D eigenvalue weighted by molar-refractivity contribution is 6.10. The number of carbonyl (C=O) groups excluding carboxylic acids is 1. The van der Waals surface area contributed by atoms with Crippen molar-refractivity contribution in [3.8, 4) is 57.3 Å². The number of benzene rings is 4. The summed E-state index contributed by atoms with van der Waals surface area (Å²) >= 11 is 0. The van der Waals surface area contributed by atoms with Crippen LogP contribution >= 0.6 is 0 Å². The largest absolute Gasteiger partial charge is 0.508 e. The molecule has 11 nitrogen and oxygen atoms in total. The summed E-state index contributed by atoms with van der Waals surface area (Å²) in [5, 5.41) is 87.4. The van der Waals surface area contributed by atoms with Crippen molar-refractivity contribution in [2.45, 2.75) is 59.8 Å². The predicted octanol–water partition coefficient (Wildman–Crippen LogP) is 8.83. The van der Waals surface area contributed by atoms with Crippen LogP contribution < -0.4 is 5.43 Å². The van der Waals surface area contributed by atoms with E-state index >= 15 is 4.79 Å². The minimum atomic E-state index is -1.30. The van der Waals surface area contributed by atoms with Crippen LogP contribution in [-0.2, 0) is 12.8 Å². The molecule has 1 aromatic heterocycles. The number of hydrogen-bond donors (Lipinski definition) is 8. The van der Waals surface area contributed by atoms with Crippen molar-refractivity contribution >= 4 is 22.3 Å². The lowest BCUT2D eigenvalue weighted by atomic mass is 9.66. The van der Waals surface area contributed by atoms with Crippen LogP contribution in [-0.4, -0.2) is 46.6 Å². The number of rotatable bonds is 9. The zero-order chi connectivity index (χ0) is 40.7. The van der Waals surface area contributed by atoms with E-state index in [1.165, 1.54) is 36.4 Å². The minimum Gasteiger partial charge on any atom is -0.508 e. The average molecular weight is 761 g/mol. The second-order valence-corrected chi connectivity index (χ2v) is 14.9. The van der Waals surface area contributed by atoms with Gasteiger partial charge in [-0.1, -0.05) is 42.4 Å². The van der Waals surface area contributed by atoms with Crippen molar-refractivity contribution < 1.29 is 50.1 Å². The summed E-state index contributed by atoms with van der Waals surface area (Å²) in [6.45, 7) is 9.22. The topological polar surface area (TPSA) is 209 Å². The van der Waals surface area contributed by atoms with E-state index in [2.05, 4.69) is 0 Å². The first-order valence-corrected chi connectivity index (χ1v) is 18.1. The van der Waals surface area contributed by atoms with Gasteiger partial charge in [0.25, 0.3) is 0 Å². The Balaban J connectivity index is 1.70. The number of carbonyl (C=O) groups is 1. The summed E-state index contributed by atoms with van der Waals surface area (Å²) in [4.78, 5) is 29.6. The highest BCUT2D eigenvalue weighted by atomic mass is 16.3. The lowest BCUT2D eigenvalue weighted by molar-refractivity contribution is 0.0924. The molecule has 8 N–H and O–H groups in total. The standard InChI is InChI=1S/C45H44O11/c1-21(2)6-10-27-33(48)15-14-29(41(27)53)42(54)38-31(26-12-8-24(46)18-34(26)49)16-23(5)17-32(38)39-36(51)20-37(52)40-43(55)30(11-7-22(3)4)44(56-45(39)40)28-13-9-25(47)19-35(28)50/h6-9,12-15,17-20,23,31,38,46-53H,10-11,16H2,1-5H3/t23-,31+,38+/m0/s1. The van der Waals surface area contributed by atoms with Crippen LogP contribution in [0.3, 0.4) is 0 Å².